The maximum absolute atomic E-state index is 13.0. The first-order valence-electron chi connectivity index (χ1n) is 9.64. The molecule has 28 heavy (non-hydrogen) atoms. The van der Waals surface area contributed by atoms with E-state index in [1.165, 1.54) is 4.68 Å². The molecular formula is C22H23N3O3. The van der Waals surface area contributed by atoms with E-state index >= 15 is 0 Å². The number of hydrogen-bond acceptors (Lipinski definition) is 4. The predicted molar refractivity (Wildman–Crippen MR) is 107 cm³/mol. The molecule has 0 radical (unpaired) electrons. The summed E-state index contributed by atoms with van der Waals surface area (Å²) >= 11 is 0. The van der Waals surface area contributed by atoms with Crippen molar-refractivity contribution in [1.82, 2.24) is 14.7 Å². The summed E-state index contributed by atoms with van der Waals surface area (Å²) in [6.45, 7) is 3.23. The van der Waals surface area contributed by atoms with Gasteiger partial charge in [0.25, 0.3) is 5.56 Å². The average molecular weight is 377 g/mol. The second-order valence-corrected chi connectivity index (χ2v) is 6.94. The normalized spacial score (nSPS) is 16.5. The Morgan fingerprint density at radius 1 is 1.18 bits per heavy atom. The van der Waals surface area contributed by atoms with Crippen molar-refractivity contribution in [2.24, 2.45) is 0 Å². The molecule has 6 nitrogen and oxygen atoms in total. The molecule has 1 saturated heterocycles. The Balaban J connectivity index is 1.54. The highest BCUT2D eigenvalue weighted by atomic mass is 16.5. The van der Waals surface area contributed by atoms with Crippen molar-refractivity contribution in [1.29, 1.82) is 0 Å². The molecule has 1 fully saturated rings. The Bertz CT molecular complexity index is 1040. The maximum Gasteiger partial charge on any atom is 0.275 e. The summed E-state index contributed by atoms with van der Waals surface area (Å²) in [6.07, 6.45) is 3.50. The number of carbonyl (C=O) groups is 1. The van der Waals surface area contributed by atoms with Gasteiger partial charge in [-0.25, -0.2) is 4.68 Å². The fourth-order valence-electron chi connectivity index (χ4n) is 3.82. The van der Waals surface area contributed by atoms with E-state index in [-0.39, 0.29) is 24.1 Å². The monoisotopic (exact) mass is 377 g/mol. The van der Waals surface area contributed by atoms with Crippen LogP contribution in [0.2, 0.25) is 0 Å². The summed E-state index contributed by atoms with van der Waals surface area (Å²) in [5.74, 6) is 0.746. The molecule has 1 aliphatic rings. The smallest absolute Gasteiger partial charge is 0.275 e. The zero-order valence-electron chi connectivity index (χ0n) is 15.9. The predicted octanol–water partition coefficient (Wildman–Crippen LogP) is 3.16. The summed E-state index contributed by atoms with van der Waals surface area (Å²) in [4.78, 5) is 27.5. The number of amides is 1. The minimum atomic E-state index is -0.233. The average Bonchev–Trinajstić information content (AvgIpc) is 3.21. The van der Waals surface area contributed by atoms with Gasteiger partial charge < -0.3 is 9.64 Å². The second kappa shape index (κ2) is 7.84. The van der Waals surface area contributed by atoms with Crippen LogP contribution in [0.15, 0.2) is 59.5 Å². The van der Waals surface area contributed by atoms with Crippen LogP contribution >= 0.6 is 0 Å². The van der Waals surface area contributed by atoms with Gasteiger partial charge in [-0.05, 0) is 43.5 Å². The molecular weight excluding hydrogens is 354 g/mol. The van der Waals surface area contributed by atoms with Crippen LogP contribution in [0.25, 0.3) is 10.8 Å². The molecule has 1 aliphatic heterocycles. The van der Waals surface area contributed by atoms with Crippen molar-refractivity contribution < 1.29 is 9.53 Å². The van der Waals surface area contributed by atoms with Gasteiger partial charge in [0.15, 0.2) is 0 Å². The number of benzene rings is 2. The van der Waals surface area contributed by atoms with Crippen molar-refractivity contribution >= 4 is 16.7 Å². The highest BCUT2D eigenvalue weighted by Crippen LogP contribution is 2.32. The molecule has 0 aliphatic carbocycles. The maximum atomic E-state index is 13.0. The zero-order chi connectivity index (χ0) is 19.5. The zero-order valence-corrected chi connectivity index (χ0v) is 15.9. The fraction of sp³-hybridized carbons (Fsp3) is 0.318. The highest BCUT2D eigenvalue weighted by molar-refractivity contribution is 5.81. The Morgan fingerprint density at radius 3 is 2.75 bits per heavy atom. The molecule has 1 amide bonds. The highest BCUT2D eigenvalue weighted by Gasteiger charge is 2.30. The lowest BCUT2D eigenvalue weighted by molar-refractivity contribution is -0.133. The van der Waals surface area contributed by atoms with E-state index in [1.807, 2.05) is 54.3 Å². The molecule has 144 valence electrons. The number of rotatable bonds is 5. The Morgan fingerprint density at radius 2 is 1.96 bits per heavy atom. The van der Waals surface area contributed by atoms with Crippen LogP contribution < -0.4 is 10.3 Å². The van der Waals surface area contributed by atoms with Crippen molar-refractivity contribution in [3.05, 3.63) is 70.6 Å². The third-order valence-corrected chi connectivity index (χ3v) is 5.20. The van der Waals surface area contributed by atoms with E-state index in [2.05, 4.69) is 5.10 Å². The van der Waals surface area contributed by atoms with Gasteiger partial charge in [0.1, 0.15) is 12.3 Å². The van der Waals surface area contributed by atoms with Crippen molar-refractivity contribution in [2.75, 3.05) is 13.2 Å². The molecule has 0 N–H and O–H groups in total. The number of carbonyl (C=O) groups excluding carboxylic acids is 1. The van der Waals surface area contributed by atoms with Gasteiger partial charge in [-0.3, -0.25) is 9.59 Å². The van der Waals surface area contributed by atoms with E-state index in [0.29, 0.717) is 18.5 Å². The van der Waals surface area contributed by atoms with Crippen LogP contribution in [0.3, 0.4) is 0 Å². The molecule has 4 rings (SSSR count). The van der Waals surface area contributed by atoms with Crippen molar-refractivity contribution in [2.45, 2.75) is 32.4 Å². The van der Waals surface area contributed by atoms with Crippen LogP contribution in [0.4, 0.5) is 0 Å². The van der Waals surface area contributed by atoms with E-state index in [9.17, 15) is 9.59 Å². The lowest BCUT2D eigenvalue weighted by atomic mass is 10.0. The number of nitrogens with zero attached hydrogens (tertiary/aromatic N) is 3. The van der Waals surface area contributed by atoms with Gasteiger partial charge in [0.2, 0.25) is 5.91 Å². The molecule has 1 unspecified atom stereocenters. The Kier molecular flexibility index (Phi) is 5.10. The third-order valence-electron chi connectivity index (χ3n) is 5.20. The number of likely N-dealkylation sites (tertiary alicyclic amines) is 1. The van der Waals surface area contributed by atoms with Gasteiger partial charge >= 0.3 is 0 Å². The van der Waals surface area contributed by atoms with E-state index in [0.717, 1.165) is 29.5 Å². The topological polar surface area (TPSA) is 64.4 Å². The molecule has 2 heterocycles. The summed E-state index contributed by atoms with van der Waals surface area (Å²) in [5.41, 5.74) is 0.858. The summed E-state index contributed by atoms with van der Waals surface area (Å²) in [5, 5.41) is 5.55. The van der Waals surface area contributed by atoms with Crippen LogP contribution in [0, 0.1) is 0 Å². The van der Waals surface area contributed by atoms with Crippen LogP contribution in [0.1, 0.15) is 31.4 Å². The molecule has 1 atom stereocenters. The Labute approximate surface area is 163 Å². The van der Waals surface area contributed by atoms with Crippen LogP contribution in [-0.2, 0) is 11.3 Å². The fourth-order valence-corrected chi connectivity index (χ4v) is 3.82. The van der Waals surface area contributed by atoms with Gasteiger partial charge in [-0.2, -0.15) is 5.10 Å². The quantitative estimate of drug-likeness (QED) is 0.685. The minimum Gasteiger partial charge on any atom is -0.494 e. The number of ether oxygens (including phenoxy) is 1. The number of aromatic nitrogens is 2. The van der Waals surface area contributed by atoms with Crippen LogP contribution in [-0.4, -0.2) is 33.7 Å². The molecule has 0 saturated carbocycles. The standard InChI is InChI=1S/C22H23N3O3/c1-2-28-18-11-9-16(10-12-18)20-8-5-13-24(20)21(26)15-25-22(27)19-7-4-3-6-17(19)14-23-25/h3-4,6-7,9-12,14,20H,2,5,8,13,15H2,1H3. The Hall–Kier alpha value is -3.15. The first-order valence-corrected chi connectivity index (χ1v) is 9.64. The van der Waals surface area contributed by atoms with E-state index in [1.54, 1.807) is 12.3 Å². The van der Waals surface area contributed by atoms with Gasteiger partial charge in [0.05, 0.1) is 24.2 Å². The lowest BCUT2D eigenvalue weighted by Gasteiger charge is -2.25. The molecule has 6 heteroatoms. The molecule has 1 aromatic heterocycles. The molecule has 0 spiro atoms. The molecule has 2 aromatic carbocycles. The lowest BCUT2D eigenvalue weighted by Crippen LogP contribution is -2.37. The minimum absolute atomic E-state index is 0.0272. The first-order chi connectivity index (χ1) is 13.7. The number of hydrogen-bond donors (Lipinski definition) is 0. The van der Waals surface area contributed by atoms with Gasteiger partial charge in [0, 0.05) is 11.9 Å². The second-order valence-electron chi connectivity index (χ2n) is 6.94. The molecule has 3 aromatic rings. The van der Waals surface area contributed by atoms with Gasteiger partial charge in [-0.1, -0.05) is 30.3 Å². The molecule has 0 bridgehead atoms. The van der Waals surface area contributed by atoms with Crippen LogP contribution in [0.5, 0.6) is 5.75 Å². The summed E-state index contributed by atoms with van der Waals surface area (Å²) in [6, 6.07) is 15.2. The largest absolute Gasteiger partial charge is 0.494 e. The first kappa shape index (κ1) is 18.2. The van der Waals surface area contributed by atoms with Crippen molar-refractivity contribution in [3.63, 3.8) is 0 Å². The SMILES string of the molecule is CCOc1ccc(C2CCCN2C(=O)Cn2ncc3ccccc3c2=O)cc1. The van der Waals surface area contributed by atoms with E-state index in [4.69, 9.17) is 4.74 Å². The van der Waals surface area contributed by atoms with Crippen molar-refractivity contribution in [3.8, 4) is 5.75 Å². The summed E-state index contributed by atoms with van der Waals surface area (Å²) < 4.78 is 6.76. The van der Waals surface area contributed by atoms with Gasteiger partial charge in [-0.15, -0.1) is 0 Å². The summed E-state index contributed by atoms with van der Waals surface area (Å²) in [7, 11) is 0. The number of fused-ring (bicyclic) bond motifs is 1. The van der Waals surface area contributed by atoms with E-state index < -0.39 is 0 Å². The third kappa shape index (κ3) is 3.50.